The molecular formula is C19H31N9O7. The van der Waals surface area contributed by atoms with E-state index in [-0.39, 0.29) is 38.2 Å². The van der Waals surface area contributed by atoms with Crippen molar-refractivity contribution in [1.82, 2.24) is 25.9 Å². The maximum absolute atomic E-state index is 12.7. The van der Waals surface area contributed by atoms with Crippen LogP contribution in [0.25, 0.3) is 0 Å². The number of carboxylic acids is 2. The second-order valence-corrected chi connectivity index (χ2v) is 7.51. The van der Waals surface area contributed by atoms with Crippen LogP contribution in [-0.2, 0) is 30.4 Å². The minimum absolute atomic E-state index is 0.0205. The Kier molecular flexibility index (Phi) is 12.2. The minimum atomic E-state index is -1.27. The molecule has 16 heteroatoms. The number of nitrogens with two attached hydrogens (primary N) is 3. The fourth-order valence-corrected chi connectivity index (χ4v) is 2.81. The summed E-state index contributed by atoms with van der Waals surface area (Å²) in [6.07, 6.45) is 2.67. The van der Waals surface area contributed by atoms with E-state index >= 15 is 0 Å². The van der Waals surface area contributed by atoms with Gasteiger partial charge in [-0.15, -0.1) is 0 Å². The zero-order valence-corrected chi connectivity index (χ0v) is 18.9. The fourth-order valence-electron chi connectivity index (χ4n) is 2.81. The summed E-state index contributed by atoms with van der Waals surface area (Å²) in [7, 11) is 0. The van der Waals surface area contributed by atoms with Gasteiger partial charge in [0, 0.05) is 31.3 Å². The number of amides is 3. The van der Waals surface area contributed by atoms with Crippen molar-refractivity contribution in [3.63, 3.8) is 0 Å². The third-order valence-corrected chi connectivity index (χ3v) is 4.62. The summed E-state index contributed by atoms with van der Waals surface area (Å²) in [5.74, 6) is -4.79. The highest BCUT2D eigenvalue weighted by molar-refractivity contribution is 5.92. The lowest BCUT2D eigenvalue weighted by molar-refractivity contribution is -0.142. The lowest BCUT2D eigenvalue weighted by Gasteiger charge is -2.20. The van der Waals surface area contributed by atoms with Crippen LogP contribution in [0.3, 0.4) is 0 Å². The standard InChI is InChI=1S/C19H31N9O7/c20-11(3-4-15(30)31)16(32)28-13(6-10-7-23-9-26-10)17(33)25-8-14(29)27-12(18(34)35)2-1-5-24-19(21)22/h7,9,11-13H,1-6,8,20H2,(H,23,26)(H,25,33)(H,27,29)(H,28,32)(H,30,31)(H,34,35)(H4,21,22,24). The van der Waals surface area contributed by atoms with Gasteiger partial charge in [0.25, 0.3) is 0 Å². The van der Waals surface area contributed by atoms with Crippen molar-refractivity contribution in [1.29, 1.82) is 0 Å². The molecule has 0 radical (unpaired) electrons. The van der Waals surface area contributed by atoms with Gasteiger partial charge in [0.2, 0.25) is 17.7 Å². The first kappa shape index (κ1) is 28.8. The lowest BCUT2D eigenvalue weighted by atomic mass is 10.1. The van der Waals surface area contributed by atoms with Gasteiger partial charge in [-0.25, -0.2) is 9.78 Å². The molecule has 0 bridgehead atoms. The third kappa shape index (κ3) is 12.0. The molecule has 1 heterocycles. The second kappa shape index (κ2) is 14.8. The number of carbonyl (C=O) groups excluding carboxylic acids is 3. The molecule has 1 rings (SSSR count). The minimum Gasteiger partial charge on any atom is -0.481 e. The molecule has 1 aromatic heterocycles. The van der Waals surface area contributed by atoms with Crippen LogP contribution in [0.5, 0.6) is 0 Å². The SMILES string of the molecule is NC(N)=NCCCC(NC(=O)CNC(=O)C(Cc1cnc[nH]1)NC(=O)C(N)CCC(=O)O)C(=O)O. The number of H-pyrrole nitrogens is 1. The van der Waals surface area contributed by atoms with Gasteiger partial charge < -0.3 is 48.3 Å². The van der Waals surface area contributed by atoms with Gasteiger partial charge in [0.15, 0.2) is 5.96 Å². The number of rotatable bonds is 16. The van der Waals surface area contributed by atoms with Gasteiger partial charge in [0.1, 0.15) is 12.1 Å². The maximum Gasteiger partial charge on any atom is 0.326 e. The van der Waals surface area contributed by atoms with Crippen LogP contribution in [0.1, 0.15) is 31.4 Å². The van der Waals surface area contributed by atoms with Crippen molar-refractivity contribution in [3.8, 4) is 0 Å². The number of nitrogens with zero attached hydrogens (tertiary/aromatic N) is 2. The quantitative estimate of drug-likeness (QED) is 0.0610. The summed E-state index contributed by atoms with van der Waals surface area (Å²) in [6.45, 7) is -0.376. The Bertz CT molecular complexity index is 900. The Morgan fingerprint density at radius 2 is 1.77 bits per heavy atom. The molecule has 0 aliphatic rings. The number of aliphatic imine (C=N–C) groups is 1. The molecule has 12 N–H and O–H groups in total. The monoisotopic (exact) mass is 497 g/mol. The van der Waals surface area contributed by atoms with Crippen molar-refractivity contribution < 1.29 is 34.2 Å². The van der Waals surface area contributed by atoms with Crippen LogP contribution >= 0.6 is 0 Å². The molecular weight excluding hydrogens is 466 g/mol. The van der Waals surface area contributed by atoms with Crippen LogP contribution in [0.4, 0.5) is 0 Å². The Hall–Kier alpha value is -4.21. The molecule has 0 aliphatic carbocycles. The highest BCUT2D eigenvalue weighted by atomic mass is 16.4. The largest absolute Gasteiger partial charge is 0.481 e. The number of aromatic nitrogens is 2. The van der Waals surface area contributed by atoms with Crippen LogP contribution in [-0.4, -0.2) is 87.0 Å². The topological polar surface area (TPSA) is 281 Å². The summed E-state index contributed by atoms with van der Waals surface area (Å²) in [6, 6.07) is -3.55. The molecule has 0 aromatic carbocycles. The van der Waals surface area contributed by atoms with E-state index < -0.39 is 54.3 Å². The van der Waals surface area contributed by atoms with Crippen molar-refractivity contribution in [2.24, 2.45) is 22.2 Å². The molecule has 0 spiro atoms. The zero-order valence-electron chi connectivity index (χ0n) is 18.9. The normalized spacial score (nSPS) is 13.1. The Morgan fingerprint density at radius 3 is 2.34 bits per heavy atom. The first-order valence-electron chi connectivity index (χ1n) is 10.6. The number of aliphatic carboxylic acids is 2. The number of carboxylic acid groups (broad SMARTS) is 2. The van der Waals surface area contributed by atoms with E-state index in [9.17, 15) is 29.1 Å². The number of guanidine groups is 1. The number of imidazole rings is 1. The van der Waals surface area contributed by atoms with Crippen LogP contribution in [0.2, 0.25) is 0 Å². The third-order valence-electron chi connectivity index (χ3n) is 4.62. The second-order valence-electron chi connectivity index (χ2n) is 7.51. The zero-order chi connectivity index (χ0) is 26.4. The number of aromatic amines is 1. The molecule has 1 aromatic rings. The summed E-state index contributed by atoms with van der Waals surface area (Å²) in [5.41, 5.74) is 16.6. The summed E-state index contributed by atoms with van der Waals surface area (Å²) < 4.78 is 0. The van der Waals surface area contributed by atoms with Gasteiger partial charge in [-0.1, -0.05) is 0 Å². The van der Waals surface area contributed by atoms with Gasteiger partial charge in [-0.3, -0.25) is 24.2 Å². The number of hydrogen-bond donors (Lipinski definition) is 9. The van der Waals surface area contributed by atoms with Crippen molar-refractivity contribution in [2.75, 3.05) is 13.1 Å². The molecule has 3 atom stereocenters. The molecule has 0 saturated heterocycles. The van der Waals surface area contributed by atoms with Crippen molar-refractivity contribution in [2.45, 2.75) is 50.2 Å². The lowest BCUT2D eigenvalue weighted by Crippen LogP contribution is -2.54. The van der Waals surface area contributed by atoms with Gasteiger partial charge in [-0.2, -0.15) is 0 Å². The highest BCUT2D eigenvalue weighted by Crippen LogP contribution is 2.02. The average molecular weight is 498 g/mol. The maximum atomic E-state index is 12.7. The average Bonchev–Trinajstić information content (AvgIpc) is 3.30. The smallest absolute Gasteiger partial charge is 0.326 e. The molecule has 194 valence electrons. The molecule has 16 nitrogen and oxygen atoms in total. The molecule has 0 saturated carbocycles. The van der Waals surface area contributed by atoms with E-state index in [1.807, 2.05) is 0 Å². The van der Waals surface area contributed by atoms with E-state index in [0.717, 1.165) is 0 Å². The van der Waals surface area contributed by atoms with Crippen LogP contribution in [0, 0.1) is 0 Å². The summed E-state index contributed by atoms with van der Waals surface area (Å²) in [4.78, 5) is 69.6. The number of carbonyl (C=O) groups is 5. The Morgan fingerprint density at radius 1 is 1.06 bits per heavy atom. The van der Waals surface area contributed by atoms with Crippen LogP contribution in [0.15, 0.2) is 17.5 Å². The van der Waals surface area contributed by atoms with Crippen molar-refractivity contribution >= 4 is 35.6 Å². The summed E-state index contributed by atoms with van der Waals surface area (Å²) >= 11 is 0. The van der Waals surface area contributed by atoms with Gasteiger partial charge in [0.05, 0.1) is 18.9 Å². The molecule has 0 fully saturated rings. The van der Waals surface area contributed by atoms with Crippen LogP contribution < -0.4 is 33.2 Å². The van der Waals surface area contributed by atoms with E-state index in [1.165, 1.54) is 12.5 Å². The molecule has 3 unspecified atom stereocenters. The molecule has 0 aliphatic heterocycles. The fraction of sp³-hybridized carbons (Fsp3) is 0.526. The predicted octanol–water partition coefficient (Wildman–Crippen LogP) is -3.63. The Labute approximate surface area is 200 Å². The first-order chi connectivity index (χ1) is 16.5. The highest BCUT2D eigenvalue weighted by Gasteiger charge is 2.26. The van der Waals surface area contributed by atoms with E-state index in [1.54, 1.807) is 0 Å². The van der Waals surface area contributed by atoms with Crippen molar-refractivity contribution in [3.05, 3.63) is 18.2 Å². The van der Waals surface area contributed by atoms with Gasteiger partial charge in [-0.05, 0) is 19.3 Å². The first-order valence-corrected chi connectivity index (χ1v) is 10.6. The van der Waals surface area contributed by atoms with E-state index in [2.05, 4.69) is 30.9 Å². The number of nitrogens with one attached hydrogen (secondary N) is 4. The van der Waals surface area contributed by atoms with E-state index in [0.29, 0.717) is 12.1 Å². The number of hydrogen-bond acceptors (Lipinski definition) is 8. The van der Waals surface area contributed by atoms with E-state index in [4.69, 9.17) is 22.3 Å². The predicted molar refractivity (Wildman–Crippen MR) is 122 cm³/mol. The Balaban J connectivity index is 2.68. The summed E-state index contributed by atoms with van der Waals surface area (Å²) in [5, 5.41) is 25.1. The van der Waals surface area contributed by atoms with Gasteiger partial charge >= 0.3 is 11.9 Å². The molecule has 3 amide bonds. The molecule has 35 heavy (non-hydrogen) atoms.